The fourth-order valence-electron chi connectivity index (χ4n) is 10.0. The van der Waals surface area contributed by atoms with Gasteiger partial charge in [-0.3, -0.25) is 24.5 Å². The predicted octanol–water partition coefficient (Wildman–Crippen LogP) is 0.769. The number of nitrogens with one attached hydrogen (secondary N) is 1. The van der Waals surface area contributed by atoms with Gasteiger partial charge in [0, 0.05) is 77.1 Å². The first-order valence-corrected chi connectivity index (χ1v) is 23.0. The number of hydrogen-bond donors (Lipinski definition) is 7. The van der Waals surface area contributed by atoms with E-state index in [2.05, 4.69) is 4.90 Å². The van der Waals surface area contributed by atoms with Gasteiger partial charge in [-0.05, 0) is 80.2 Å². The Labute approximate surface area is 373 Å². The third-order valence-corrected chi connectivity index (χ3v) is 14.3. The molecule has 0 radical (unpaired) electrons. The zero-order valence-electron chi connectivity index (χ0n) is 39.4. The van der Waals surface area contributed by atoms with Gasteiger partial charge in [-0.25, -0.2) is 5.48 Å². The molecule has 0 spiro atoms. The number of amides is 2. The molecule has 4 heterocycles. The van der Waals surface area contributed by atoms with E-state index < -0.39 is 108 Å². The average Bonchev–Trinajstić information content (AvgIpc) is 3.50. The van der Waals surface area contributed by atoms with Crippen molar-refractivity contribution in [2.24, 2.45) is 17.8 Å². The van der Waals surface area contributed by atoms with Crippen molar-refractivity contribution < 1.29 is 73.5 Å². The normalized spacial score (nSPS) is 43.6. The lowest BCUT2D eigenvalue weighted by Crippen LogP contribution is -2.60. The highest BCUT2D eigenvalue weighted by molar-refractivity contribution is 5.83. The van der Waals surface area contributed by atoms with Gasteiger partial charge in [0.2, 0.25) is 11.8 Å². The van der Waals surface area contributed by atoms with E-state index in [0.29, 0.717) is 45.6 Å². The molecule has 63 heavy (non-hydrogen) atoms. The fraction of sp³-hybridized carbons (Fsp3) is 0.932. The number of likely N-dealkylation sites (N-methyl/N-ethyl adjacent to an activating group) is 1. The topological polar surface area (TPSA) is 250 Å². The van der Waals surface area contributed by atoms with Crippen molar-refractivity contribution in [3.05, 3.63) is 0 Å². The van der Waals surface area contributed by atoms with Gasteiger partial charge in [0.25, 0.3) is 0 Å². The highest BCUT2D eigenvalue weighted by atomic mass is 16.7. The minimum atomic E-state index is -1.84. The molecular formula is C44H80N4O15. The molecule has 0 saturated carbocycles. The van der Waals surface area contributed by atoms with Gasteiger partial charge in [0.15, 0.2) is 12.6 Å². The standard InChI is InChI=1S/C44H80N4O15/c1-12-32-44(9,56)39(53)28(6)46(10)23-24(2)20-31(49)38(26(4)37(27(5)41(55)61-32)62-35-22-43(8,58-11)40(54)29(7)60-35)63-42-36(52)30(21-25(3)59-42)47-16-13-17-48(19-18-47)34(51)15-14-33(50)45-57/h24-32,35-40,42,49,52-54,56-57H,12-23H2,1-11H3,(H,45,50)/t24-,25-,26+,27-,28-,29+,30?,31-,32-,35+,36-,37+,38-,39-,40+,42+,43-,44-/m1/s1. The van der Waals surface area contributed by atoms with Gasteiger partial charge in [-0.2, -0.15) is 0 Å². The van der Waals surface area contributed by atoms with Gasteiger partial charge < -0.3 is 63.8 Å². The number of carbonyl (C=O) groups is 3. The summed E-state index contributed by atoms with van der Waals surface area (Å²) in [5, 5.41) is 67.6. The number of esters is 1. The van der Waals surface area contributed by atoms with E-state index in [1.807, 2.05) is 25.8 Å². The van der Waals surface area contributed by atoms with Crippen LogP contribution in [0.25, 0.3) is 0 Å². The van der Waals surface area contributed by atoms with E-state index >= 15 is 0 Å². The quantitative estimate of drug-likeness (QED) is 0.0909. The zero-order valence-corrected chi connectivity index (χ0v) is 39.4. The molecule has 366 valence electrons. The smallest absolute Gasteiger partial charge is 0.311 e. The Morgan fingerprint density at radius 1 is 0.905 bits per heavy atom. The fourth-order valence-corrected chi connectivity index (χ4v) is 10.0. The zero-order chi connectivity index (χ0) is 47.1. The van der Waals surface area contributed by atoms with Crippen LogP contribution in [-0.4, -0.2) is 201 Å². The molecule has 0 aromatic heterocycles. The Hall–Kier alpha value is -2.11. The van der Waals surface area contributed by atoms with E-state index in [9.17, 15) is 39.9 Å². The van der Waals surface area contributed by atoms with Gasteiger partial charge in [-0.1, -0.05) is 20.8 Å². The molecule has 0 aromatic carbocycles. The molecule has 7 N–H and O–H groups in total. The Bertz CT molecular complexity index is 1480. The van der Waals surface area contributed by atoms with Gasteiger partial charge in [-0.15, -0.1) is 0 Å². The number of rotatable bonds is 10. The van der Waals surface area contributed by atoms with Crippen molar-refractivity contribution >= 4 is 17.8 Å². The molecule has 1 unspecified atom stereocenters. The van der Waals surface area contributed by atoms with Gasteiger partial charge in [0.05, 0.1) is 42.0 Å². The molecule has 4 saturated heterocycles. The van der Waals surface area contributed by atoms with Crippen molar-refractivity contribution in [3.8, 4) is 0 Å². The van der Waals surface area contributed by atoms with Crippen LogP contribution >= 0.6 is 0 Å². The SMILES string of the molecule is CC[C@H]1OC(=O)[C@H](C)[C@@H](O[C@H]2C[C@@](C)(OC)[C@@H](O)[C@H](C)O2)[C@H](C)[C@@H](O[C@@H]2O[C@H](C)CC(N3CCCN(C(=O)CCC(=O)NO)CC3)[C@H]2O)[C@H](O)C[C@@H](C)CN(C)[C@H](C)[C@@H](O)[C@]1(C)O. The molecule has 4 fully saturated rings. The molecule has 4 aliphatic heterocycles. The number of aliphatic hydroxyl groups excluding tert-OH is 4. The lowest BCUT2D eigenvalue weighted by molar-refractivity contribution is -0.312. The molecule has 4 rings (SSSR count). The van der Waals surface area contributed by atoms with Crippen molar-refractivity contribution in [2.75, 3.05) is 46.9 Å². The molecule has 18 atom stereocenters. The summed E-state index contributed by atoms with van der Waals surface area (Å²) in [7, 11) is 3.31. The number of ether oxygens (including phenoxy) is 6. The number of methoxy groups -OCH3 is 1. The second-order valence-corrected chi connectivity index (χ2v) is 19.3. The Morgan fingerprint density at radius 3 is 2.22 bits per heavy atom. The summed E-state index contributed by atoms with van der Waals surface area (Å²) in [6, 6.07) is -1.02. The minimum absolute atomic E-state index is 0.0440. The molecule has 4 aliphatic rings. The Kier molecular flexibility index (Phi) is 19.6. The second kappa shape index (κ2) is 23.1. The van der Waals surface area contributed by atoms with Crippen LogP contribution in [0.15, 0.2) is 0 Å². The third-order valence-electron chi connectivity index (χ3n) is 14.3. The summed E-state index contributed by atoms with van der Waals surface area (Å²) in [4.78, 5) is 44.5. The van der Waals surface area contributed by atoms with Crippen LogP contribution in [0.5, 0.6) is 0 Å². The molecule has 0 bridgehead atoms. The van der Waals surface area contributed by atoms with E-state index in [-0.39, 0.29) is 50.0 Å². The van der Waals surface area contributed by atoms with E-state index in [1.54, 1.807) is 51.9 Å². The number of carbonyl (C=O) groups excluding carboxylic acids is 3. The summed E-state index contributed by atoms with van der Waals surface area (Å²) in [5.41, 5.74) is -1.35. The van der Waals surface area contributed by atoms with Crippen LogP contribution < -0.4 is 5.48 Å². The van der Waals surface area contributed by atoms with Crippen LogP contribution in [0.2, 0.25) is 0 Å². The molecule has 19 nitrogen and oxygen atoms in total. The number of hydroxylamine groups is 1. The Morgan fingerprint density at radius 2 is 1.59 bits per heavy atom. The van der Waals surface area contributed by atoms with Crippen LogP contribution in [0.1, 0.15) is 107 Å². The maximum atomic E-state index is 14.3. The second-order valence-electron chi connectivity index (χ2n) is 19.3. The molecule has 19 heteroatoms. The number of nitrogens with zero attached hydrogens (tertiary/aromatic N) is 3. The number of aliphatic hydroxyl groups is 5. The minimum Gasteiger partial charge on any atom is -0.459 e. The summed E-state index contributed by atoms with van der Waals surface area (Å²) >= 11 is 0. The summed E-state index contributed by atoms with van der Waals surface area (Å²) in [5.74, 6) is -3.62. The maximum absolute atomic E-state index is 14.3. The van der Waals surface area contributed by atoms with E-state index in [1.165, 1.54) is 14.0 Å². The molecule has 2 amide bonds. The summed E-state index contributed by atoms with van der Waals surface area (Å²) < 4.78 is 37.8. The first-order valence-electron chi connectivity index (χ1n) is 23.0. The van der Waals surface area contributed by atoms with Crippen molar-refractivity contribution in [1.29, 1.82) is 0 Å². The highest BCUT2D eigenvalue weighted by Crippen LogP contribution is 2.38. The van der Waals surface area contributed by atoms with Gasteiger partial charge in [0.1, 0.15) is 30.0 Å². The lowest BCUT2D eigenvalue weighted by Gasteiger charge is -2.47. The first-order chi connectivity index (χ1) is 29.5. The maximum Gasteiger partial charge on any atom is 0.311 e. The lowest BCUT2D eigenvalue weighted by atomic mass is 9.83. The van der Waals surface area contributed by atoms with Crippen LogP contribution in [0, 0.1) is 17.8 Å². The van der Waals surface area contributed by atoms with Crippen LogP contribution in [0.3, 0.4) is 0 Å². The average molecular weight is 905 g/mol. The Balaban J connectivity index is 1.70. The highest BCUT2D eigenvalue weighted by Gasteiger charge is 2.51. The molecular weight excluding hydrogens is 824 g/mol. The van der Waals surface area contributed by atoms with Crippen LogP contribution in [0.4, 0.5) is 0 Å². The number of hydrogen-bond acceptors (Lipinski definition) is 17. The van der Waals surface area contributed by atoms with Crippen LogP contribution in [-0.2, 0) is 42.8 Å². The van der Waals surface area contributed by atoms with Crippen molar-refractivity contribution in [3.63, 3.8) is 0 Å². The van der Waals surface area contributed by atoms with E-state index in [4.69, 9.17) is 33.6 Å². The molecule has 0 aromatic rings. The summed E-state index contributed by atoms with van der Waals surface area (Å²) in [6.45, 7) is 17.9. The monoisotopic (exact) mass is 905 g/mol. The third kappa shape index (κ3) is 13.1. The predicted molar refractivity (Wildman–Crippen MR) is 228 cm³/mol. The molecule has 0 aliphatic carbocycles. The summed E-state index contributed by atoms with van der Waals surface area (Å²) in [6.07, 6.45) is -9.90. The first kappa shape index (κ1) is 53.5. The van der Waals surface area contributed by atoms with E-state index in [0.717, 1.165) is 0 Å². The number of cyclic esters (lactones) is 1. The largest absolute Gasteiger partial charge is 0.459 e. The van der Waals surface area contributed by atoms with Crippen molar-refractivity contribution in [2.45, 2.75) is 198 Å². The van der Waals surface area contributed by atoms with Gasteiger partial charge >= 0.3 is 5.97 Å². The van der Waals surface area contributed by atoms with Crippen molar-refractivity contribution in [1.82, 2.24) is 20.2 Å².